The molecule has 2 atom stereocenters. The predicted octanol–water partition coefficient (Wildman–Crippen LogP) is 2.98. The monoisotopic (exact) mass is 249 g/mol. The Morgan fingerprint density at radius 2 is 1.89 bits per heavy atom. The number of hydrogen-bond acceptors (Lipinski definition) is 2. The van der Waals surface area contributed by atoms with E-state index in [1.165, 1.54) is 0 Å². The van der Waals surface area contributed by atoms with Crippen molar-refractivity contribution >= 4 is 5.97 Å². The third-order valence-electron chi connectivity index (χ3n) is 3.54. The number of rotatable bonds is 7. The number of hydrogen-bond donors (Lipinski definition) is 1. The Kier molecular flexibility index (Phi) is 5.86. The van der Waals surface area contributed by atoms with Gasteiger partial charge in [-0.1, -0.05) is 44.2 Å². The molecular weight excluding hydrogens is 226 g/mol. The molecule has 0 heterocycles. The number of carboxylic acids is 1. The average molecular weight is 249 g/mol. The largest absolute Gasteiger partial charge is 0.481 e. The van der Waals surface area contributed by atoms with E-state index in [0.29, 0.717) is 12.6 Å². The van der Waals surface area contributed by atoms with Crippen molar-refractivity contribution < 1.29 is 9.90 Å². The van der Waals surface area contributed by atoms with Gasteiger partial charge in [0.05, 0.1) is 5.92 Å². The van der Waals surface area contributed by atoms with Crippen LogP contribution < -0.4 is 0 Å². The van der Waals surface area contributed by atoms with Crippen molar-refractivity contribution in [3.05, 3.63) is 35.9 Å². The standard InChI is InChI=1S/C15H23NO2/c1-4-12(3)16(5-2)11-14(15(17)18)13-9-7-6-8-10-13/h6-10,12,14H,4-5,11H2,1-3H3,(H,17,18). The Hall–Kier alpha value is -1.35. The molecule has 18 heavy (non-hydrogen) atoms. The molecule has 0 saturated heterocycles. The van der Waals surface area contributed by atoms with Crippen molar-refractivity contribution in [3.8, 4) is 0 Å². The van der Waals surface area contributed by atoms with E-state index < -0.39 is 11.9 Å². The highest BCUT2D eigenvalue weighted by atomic mass is 16.4. The molecule has 0 saturated carbocycles. The zero-order valence-corrected chi connectivity index (χ0v) is 11.5. The molecule has 0 spiro atoms. The second kappa shape index (κ2) is 7.17. The van der Waals surface area contributed by atoms with Gasteiger partial charge in [0.1, 0.15) is 0 Å². The first kappa shape index (κ1) is 14.7. The molecule has 0 amide bonds. The summed E-state index contributed by atoms with van der Waals surface area (Å²) in [6, 6.07) is 9.90. The van der Waals surface area contributed by atoms with Gasteiger partial charge in [-0.05, 0) is 25.5 Å². The minimum absolute atomic E-state index is 0.417. The van der Waals surface area contributed by atoms with E-state index in [1.54, 1.807) is 0 Å². The summed E-state index contributed by atoms with van der Waals surface area (Å²) in [5.41, 5.74) is 0.881. The summed E-state index contributed by atoms with van der Waals surface area (Å²) in [5, 5.41) is 9.40. The molecule has 0 fully saturated rings. The maximum Gasteiger partial charge on any atom is 0.312 e. The number of nitrogens with zero attached hydrogens (tertiary/aromatic N) is 1. The van der Waals surface area contributed by atoms with Crippen molar-refractivity contribution in [1.82, 2.24) is 4.90 Å². The van der Waals surface area contributed by atoms with Crippen molar-refractivity contribution in [2.75, 3.05) is 13.1 Å². The van der Waals surface area contributed by atoms with Crippen LogP contribution in [0.1, 0.15) is 38.7 Å². The fraction of sp³-hybridized carbons (Fsp3) is 0.533. The van der Waals surface area contributed by atoms with Crippen LogP contribution in [0, 0.1) is 0 Å². The van der Waals surface area contributed by atoms with Crippen molar-refractivity contribution in [2.45, 2.75) is 39.2 Å². The minimum atomic E-state index is -0.747. The lowest BCUT2D eigenvalue weighted by Crippen LogP contribution is -2.37. The third kappa shape index (κ3) is 3.84. The van der Waals surface area contributed by atoms with Crippen LogP contribution in [-0.2, 0) is 4.79 Å². The molecule has 0 aliphatic carbocycles. The first-order chi connectivity index (χ1) is 8.60. The van der Waals surface area contributed by atoms with Crippen LogP contribution in [0.25, 0.3) is 0 Å². The fourth-order valence-electron chi connectivity index (χ4n) is 2.12. The summed E-state index contributed by atoms with van der Waals surface area (Å²) in [6.45, 7) is 7.81. The molecule has 1 aromatic rings. The van der Waals surface area contributed by atoms with Gasteiger partial charge < -0.3 is 5.11 Å². The molecule has 0 aromatic heterocycles. The Morgan fingerprint density at radius 3 is 2.33 bits per heavy atom. The molecule has 1 N–H and O–H groups in total. The lowest BCUT2D eigenvalue weighted by Gasteiger charge is -2.29. The number of benzene rings is 1. The lowest BCUT2D eigenvalue weighted by molar-refractivity contribution is -0.139. The summed E-state index contributed by atoms with van der Waals surface area (Å²) in [7, 11) is 0. The van der Waals surface area contributed by atoms with Gasteiger partial charge in [-0.2, -0.15) is 0 Å². The molecule has 3 heteroatoms. The number of carboxylic acid groups (broad SMARTS) is 1. The highest BCUT2D eigenvalue weighted by molar-refractivity contribution is 5.76. The second-order valence-electron chi connectivity index (χ2n) is 4.65. The Morgan fingerprint density at radius 1 is 1.28 bits per heavy atom. The molecule has 1 rings (SSSR count). The van der Waals surface area contributed by atoms with Gasteiger partial charge in [-0.15, -0.1) is 0 Å². The summed E-state index contributed by atoms with van der Waals surface area (Å²) >= 11 is 0. The van der Waals surface area contributed by atoms with Gasteiger partial charge in [0, 0.05) is 12.6 Å². The lowest BCUT2D eigenvalue weighted by atomic mass is 9.98. The van der Waals surface area contributed by atoms with Gasteiger partial charge >= 0.3 is 5.97 Å². The zero-order chi connectivity index (χ0) is 13.5. The van der Waals surface area contributed by atoms with E-state index in [0.717, 1.165) is 18.5 Å². The van der Waals surface area contributed by atoms with Crippen LogP contribution in [0.2, 0.25) is 0 Å². The average Bonchev–Trinajstić information content (AvgIpc) is 2.39. The molecule has 2 unspecified atom stereocenters. The Labute approximate surface area is 109 Å². The first-order valence-corrected chi connectivity index (χ1v) is 6.61. The molecule has 3 nitrogen and oxygen atoms in total. The molecule has 0 aliphatic heterocycles. The molecular formula is C15H23NO2. The molecule has 0 bridgehead atoms. The Bertz CT molecular complexity index is 364. The zero-order valence-electron chi connectivity index (χ0n) is 11.5. The quantitative estimate of drug-likeness (QED) is 0.807. The van der Waals surface area contributed by atoms with Crippen LogP contribution in [-0.4, -0.2) is 35.1 Å². The number of aliphatic carboxylic acids is 1. The minimum Gasteiger partial charge on any atom is -0.481 e. The molecule has 100 valence electrons. The summed E-state index contributed by atoms with van der Waals surface area (Å²) in [5.74, 6) is -1.19. The van der Waals surface area contributed by atoms with Crippen LogP contribution >= 0.6 is 0 Å². The van der Waals surface area contributed by atoms with Crippen molar-refractivity contribution in [3.63, 3.8) is 0 Å². The summed E-state index contributed by atoms with van der Waals surface area (Å²) < 4.78 is 0. The van der Waals surface area contributed by atoms with E-state index >= 15 is 0 Å². The van der Waals surface area contributed by atoms with E-state index in [9.17, 15) is 9.90 Å². The number of likely N-dealkylation sites (N-methyl/N-ethyl adjacent to an activating group) is 1. The summed E-state index contributed by atoms with van der Waals surface area (Å²) in [4.78, 5) is 13.7. The first-order valence-electron chi connectivity index (χ1n) is 6.61. The second-order valence-corrected chi connectivity index (χ2v) is 4.65. The highest BCUT2D eigenvalue weighted by Gasteiger charge is 2.23. The van der Waals surface area contributed by atoms with Gasteiger partial charge in [0.15, 0.2) is 0 Å². The maximum absolute atomic E-state index is 11.4. The van der Waals surface area contributed by atoms with Crippen molar-refractivity contribution in [1.29, 1.82) is 0 Å². The van der Waals surface area contributed by atoms with Crippen molar-refractivity contribution in [2.24, 2.45) is 0 Å². The summed E-state index contributed by atoms with van der Waals surface area (Å²) in [6.07, 6.45) is 1.04. The van der Waals surface area contributed by atoms with Gasteiger partial charge in [-0.25, -0.2) is 0 Å². The van der Waals surface area contributed by atoms with Gasteiger partial charge in [0.2, 0.25) is 0 Å². The topological polar surface area (TPSA) is 40.5 Å². The smallest absolute Gasteiger partial charge is 0.312 e. The van der Waals surface area contributed by atoms with E-state index in [-0.39, 0.29) is 0 Å². The van der Waals surface area contributed by atoms with E-state index in [4.69, 9.17) is 0 Å². The normalized spacial score (nSPS) is 14.4. The third-order valence-corrected chi connectivity index (χ3v) is 3.54. The van der Waals surface area contributed by atoms with Crippen LogP contribution in [0.4, 0.5) is 0 Å². The predicted molar refractivity (Wildman–Crippen MR) is 73.8 cm³/mol. The molecule has 0 radical (unpaired) electrons. The van der Waals surface area contributed by atoms with Crippen LogP contribution in [0.5, 0.6) is 0 Å². The van der Waals surface area contributed by atoms with Crippen LogP contribution in [0.3, 0.4) is 0 Å². The highest BCUT2D eigenvalue weighted by Crippen LogP contribution is 2.19. The van der Waals surface area contributed by atoms with E-state index in [2.05, 4.69) is 25.7 Å². The molecule has 0 aliphatic rings. The van der Waals surface area contributed by atoms with E-state index in [1.807, 2.05) is 30.3 Å². The van der Waals surface area contributed by atoms with Crippen LogP contribution in [0.15, 0.2) is 30.3 Å². The van der Waals surface area contributed by atoms with Gasteiger partial charge in [0.25, 0.3) is 0 Å². The Balaban J connectivity index is 2.84. The molecule has 1 aromatic carbocycles. The number of carbonyl (C=O) groups is 1. The fourth-order valence-corrected chi connectivity index (χ4v) is 2.12. The van der Waals surface area contributed by atoms with Gasteiger partial charge in [-0.3, -0.25) is 9.69 Å². The SMILES string of the molecule is CCC(C)N(CC)CC(C(=O)O)c1ccccc1. The maximum atomic E-state index is 11.4.